The van der Waals surface area contributed by atoms with E-state index in [0.717, 1.165) is 24.2 Å². The summed E-state index contributed by atoms with van der Waals surface area (Å²) in [4.78, 5) is 16.8. The number of carbonyl (C=O) groups excluding carboxylic acids is 1. The van der Waals surface area contributed by atoms with Crippen molar-refractivity contribution in [2.45, 2.75) is 37.1 Å². The van der Waals surface area contributed by atoms with Crippen molar-refractivity contribution in [2.24, 2.45) is 11.7 Å². The maximum atomic E-state index is 12.6. The van der Waals surface area contributed by atoms with Gasteiger partial charge in [-0.15, -0.1) is 18.3 Å². The number of halogens is 2. The number of rotatable bonds is 7. The van der Waals surface area contributed by atoms with Gasteiger partial charge in [0, 0.05) is 42.3 Å². The Bertz CT molecular complexity index is 967. The summed E-state index contributed by atoms with van der Waals surface area (Å²) in [6.45, 7) is 1.33. The second kappa shape index (κ2) is 9.70. The van der Waals surface area contributed by atoms with Crippen LogP contribution in [0.5, 0.6) is 0 Å². The normalized spacial score (nSPS) is 22.3. The number of hydrogen-bond acceptors (Lipinski definition) is 4. The van der Waals surface area contributed by atoms with Crippen LogP contribution in [0.1, 0.15) is 41.6 Å². The molecule has 0 radical (unpaired) electrons. The molecule has 2 aliphatic rings. The second-order valence-electron chi connectivity index (χ2n) is 8.03. The van der Waals surface area contributed by atoms with Gasteiger partial charge in [0.15, 0.2) is 0 Å². The van der Waals surface area contributed by atoms with Gasteiger partial charge in [-0.1, -0.05) is 29.7 Å². The predicted octanol–water partition coefficient (Wildman–Crippen LogP) is 3.77. The molecule has 4 rings (SSSR count). The van der Waals surface area contributed by atoms with Crippen molar-refractivity contribution in [1.82, 2.24) is 10.3 Å². The molecule has 2 aromatic rings. The van der Waals surface area contributed by atoms with Gasteiger partial charge < -0.3 is 16.4 Å². The summed E-state index contributed by atoms with van der Waals surface area (Å²) in [5.41, 5.74) is 8.35. The number of nitrogens with one attached hydrogen (secondary N) is 2. The third kappa shape index (κ3) is 5.26. The lowest BCUT2D eigenvalue weighted by Crippen LogP contribution is -2.42. The van der Waals surface area contributed by atoms with Crippen molar-refractivity contribution in [3.8, 4) is 11.8 Å². The summed E-state index contributed by atoms with van der Waals surface area (Å²) in [6.07, 6.45) is 7.11. The van der Waals surface area contributed by atoms with Crippen LogP contribution >= 0.6 is 24.0 Å². The van der Waals surface area contributed by atoms with Gasteiger partial charge in [-0.25, -0.2) is 0 Å². The van der Waals surface area contributed by atoms with Gasteiger partial charge in [0.1, 0.15) is 0 Å². The Morgan fingerprint density at radius 1 is 1.33 bits per heavy atom. The van der Waals surface area contributed by atoms with E-state index in [1.807, 2.05) is 24.3 Å². The van der Waals surface area contributed by atoms with Gasteiger partial charge in [0.05, 0.1) is 17.3 Å². The van der Waals surface area contributed by atoms with Gasteiger partial charge in [-0.05, 0) is 48.9 Å². The second-order valence-corrected chi connectivity index (χ2v) is 8.46. The Morgan fingerprint density at radius 2 is 2.17 bits per heavy atom. The Morgan fingerprint density at radius 3 is 2.90 bits per heavy atom. The molecule has 2 atom stereocenters. The Labute approximate surface area is 188 Å². The van der Waals surface area contributed by atoms with Gasteiger partial charge in [-0.3, -0.25) is 9.78 Å². The topological polar surface area (TPSA) is 80.0 Å². The molecule has 1 fully saturated rings. The van der Waals surface area contributed by atoms with Crippen molar-refractivity contribution in [3.63, 3.8) is 0 Å². The van der Waals surface area contributed by atoms with E-state index in [4.69, 9.17) is 17.3 Å². The van der Waals surface area contributed by atoms with E-state index in [0.29, 0.717) is 29.5 Å². The van der Waals surface area contributed by atoms with Gasteiger partial charge in [-0.2, -0.15) is 0 Å². The molecule has 0 spiro atoms. The minimum absolute atomic E-state index is 0. The Kier molecular flexibility index (Phi) is 7.25. The average Bonchev–Trinajstić information content (AvgIpc) is 3.55. The summed E-state index contributed by atoms with van der Waals surface area (Å²) in [5.74, 6) is 6.81. The van der Waals surface area contributed by atoms with Crippen LogP contribution in [0.4, 0.5) is 5.69 Å². The van der Waals surface area contributed by atoms with Crippen LogP contribution in [0.15, 0.2) is 42.7 Å². The highest BCUT2D eigenvalue weighted by Crippen LogP contribution is 2.36. The first-order valence-electron chi connectivity index (χ1n) is 10.0. The first-order valence-corrected chi connectivity index (χ1v) is 10.4. The predicted molar refractivity (Wildman–Crippen MR) is 123 cm³/mol. The monoisotopic (exact) mass is 444 g/mol. The third-order valence-electron chi connectivity index (χ3n) is 5.69. The highest BCUT2D eigenvalue weighted by atomic mass is 35.5. The highest BCUT2D eigenvalue weighted by Gasteiger charge is 2.35. The molecule has 7 heteroatoms. The molecule has 5 nitrogen and oxygen atoms in total. The molecule has 0 unspecified atom stereocenters. The molecule has 0 saturated heterocycles. The van der Waals surface area contributed by atoms with Crippen LogP contribution in [-0.4, -0.2) is 30.0 Å². The maximum Gasteiger partial charge on any atom is 0.254 e. The van der Waals surface area contributed by atoms with E-state index in [-0.39, 0.29) is 29.8 Å². The molecule has 2 aliphatic carbocycles. The van der Waals surface area contributed by atoms with Gasteiger partial charge >= 0.3 is 0 Å². The zero-order chi connectivity index (χ0) is 20.3. The number of carbonyl (C=O) groups is 1. The van der Waals surface area contributed by atoms with Crippen molar-refractivity contribution in [2.75, 3.05) is 18.4 Å². The maximum absolute atomic E-state index is 12.6. The van der Waals surface area contributed by atoms with E-state index < -0.39 is 0 Å². The molecule has 1 saturated carbocycles. The number of amides is 1. The van der Waals surface area contributed by atoms with Crippen LogP contribution in [-0.2, 0) is 5.41 Å². The number of pyridine rings is 1. The molecule has 1 amide bonds. The van der Waals surface area contributed by atoms with Gasteiger partial charge in [0.25, 0.3) is 5.91 Å². The smallest absolute Gasteiger partial charge is 0.254 e. The summed E-state index contributed by atoms with van der Waals surface area (Å²) in [7, 11) is 0. The number of anilines is 1. The van der Waals surface area contributed by atoms with Crippen LogP contribution in [0.2, 0.25) is 5.02 Å². The SMILES string of the molecule is Cl.N[C@@H]1C#CC[C@](CNc2ccncc2C(=O)NCC2CC2)(c2cccc(Cl)c2)C1. The molecular weight excluding hydrogens is 419 g/mol. The zero-order valence-corrected chi connectivity index (χ0v) is 18.2. The molecule has 1 heterocycles. The minimum Gasteiger partial charge on any atom is -0.383 e. The van der Waals surface area contributed by atoms with Crippen molar-refractivity contribution in [3.05, 3.63) is 58.9 Å². The molecule has 4 N–H and O–H groups in total. The first-order chi connectivity index (χ1) is 14.1. The largest absolute Gasteiger partial charge is 0.383 e. The lowest BCUT2D eigenvalue weighted by atomic mass is 9.71. The third-order valence-corrected chi connectivity index (χ3v) is 5.93. The fourth-order valence-corrected chi connectivity index (χ4v) is 4.01. The summed E-state index contributed by atoms with van der Waals surface area (Å²) < 4.78 is 0. The fourth-order valence-electron chi connectivity index (χ4n) is 3.82. The highest BCUT2D eigenvalue weighted by molar-refractivity contribution is 6.30. The van der Waals surface area contributed by atoms with Crippen molar-refractivity contribution in [1.29, 1.82) is 0 Å². The number of benzene rings is 1. The van der Waals surface area contributed by atoms with E-state index in [1.54, 1.807) is 12.4 Å². The molecule has 1 aromatic heterocycles. The summed E-state index contributed by atoms with van der Waals surface area (Å²) in [6, 6.07) is 9.53. The Hall–Kier alpha value is -2.26. The van der Waals surface area contributed by atoms with E-state index in [1.165, 1.54) is 12.8 Å². The van der Waals surface area contributed by atoms with E-state index >= 15 is 0 Å². The quantitative estimate of drug-likeness (QED) is 0.567. The molecule has 0 aliphatic heterocycles. The van der Waals surface area contributed by atoms with E-state index in [2.05, 4.69) is 33.5 Å². The van der Waals surface area contributed by atoms with Crippen molar-refractivity contribution >= 4 is 35.6 Å². The van der Waals surface area contributed by atoms with Crippen molar-refractivity contribution < 1.29 is 4.79 Å². The average molecular weight is 445 g/mol. The molecule has 1 aromatic carbocycles. The molecule has 30 heavy (non-hydrogen) atoms. The standard InChI is InChI=1S/C23H25ClN4O.ClH/c24-18-4-1-3-17(11-18)23(9-2-5-19(25)12-23)15-28-21-8-10-26-14-20(21)22(29)27-13-16-6-7-16;/h1,3-4,8,10-11,14,16,19H,6-7,9,12-13,15,25H2,(H,26,28)(H,27,29);1H/t19-,23+;/m1./s1. The zero-order valence-electron chi connectivity index (χ0n) is 16.7. The first kappa shape index (κ1) is 22.4. The minimum atomic E-state index is -0.277. The lowest BCUT2D eigenvalue weighted by Gasteiger charge is -2.37. The molecule has 158 valence electrons. The molecule has 0 bridgehead atoms. The number of nitrogens with two attached hydrogens (primary N) is 1. The van der Waals surface area contributed by atoms with Crippen LogP contribution in [0.25, 0.3) is 0 Å². The summed E-state index contributed by atoms with van der Waals surface area (Å²) in [5, 5.41) is 7.19. The van der Waals surface area contributed by atoms with Crippen LogP contribution in [0.3, 0.4) is 0 Å². The van der Waals surface area contributed by atoms with Gasteiger partial charge in [0.2, 0.25) is 0 Å². The van der Waals surface area contributed by atoms with Crippen LogP contribution < -0.4 is 16.4 Å². The summed E-state index contributed by atoms with van der Waals surface area (Å²) >= 11 is 6.26. The number of nitrogens with zero attached hydrogens (tertiary/aromatic N) is 1. The lowest BCUT2D eigenvalue weighted by molar-refractivity contribution is 0.0952. The number of aromatic nitrogens is 1. The Balaban J connectivity index is 0.00000256. The molecular formula is C23H26Cl2N4O. The van der Waals surface area contributed by atoms with E-state index in [9.17, 15) is 4.79 Å². The number of hydrogen-bond donors (Lipinski definition) is 3. The fraction of sp³-hybridized carbons (Fsp3) is 0.391. The van der Waals surface area contributed by atoms with Crippen LogP contribution in [0, 0.1) is 17.8 Å².